The number of carbonyl (C=O) groups excluding carboxylic acids is 1. The van der Waals surface area contributed by atoms with E-state index in [1.54, 1.807) is 0 Å². The lowest BCUT2D eigenvalue weighted by atomic mass is 10.1. The molecule has 0 radical (unpaired) electrons. The van der Waals surface area contributed by atoms with E-state index in [1.807, 2.05) is 60.4 Å². The lowest BCUT2D eigenvalue weighted by Crippen LogP contribution is -2.42. The van der Waals surface area contributed by atoms with E-state index in [4.69, 9.17) is 4.74 Å². The Morgan fingerprint density at radius 1 is 1.16 bits per heavy atom. The van der Waals surface area contributed by atoms with Crippen LogP contribution in [0.1, 0.15) is 18.4 Å². The number of nitrogens with zero attached hydrogens (tertiary/aromatic N) is 1. The maximum absolute atomic E-state index is 12.1. The van der Waals surface area contributed by atoms with E-state index in [0.717, 1.165) is 36.6 Å². The summed E-state index contributed by atoms with van der Waals surface area (Å²) in [6.07, 6.45) is 1.43. The molecule has 1 aliphatic rings. The van der Waals surface area contributed by atoms with Crippen LogP contribution in [0.25, 0.3) is 0 Å². The molecule has 1 aliphatic heterocycles. The maximum Gasteiger partial charge on any atom is 0.238 e. The smallest absolute Gasteiger partial charge is 0.238 e. The SMILES string of the molecule is Cc1ccc(Oc2ccc(NC(=O)CN3CCCC(O)C3)cc2)cc1. The van der Waals surface area contributed by atoms with Crippen LogP contribution in [0.15, 0.2) is 48.5 Å². The van der Waals surface area contributed by atoms with E-state index >= 15 is 0 Å². The first-order valence-corrected chi connectivity index (χ1v) is 8.63. The van der Waals surface area contributed by atoms with Crippen LogP contribution in [0.5, 0.6) is 11.5 Å². The fraction of sp³-hybridized carbons (Fsp3) is 0.350. The first-order valence-electron chi connectivity index (χ1n) is 8.63. The van der Waals surface area contributed by atoms with Crippen LogP contribution in [0.2, 0.25) is 0 Å². The van der Waals surface area contributed by atoms with Crippen LogP contribution in [-0.4, -0.2) is 41.7 Å². The molecule has 132 valence electrons. The highest BCUT2D eigenvalue weighted by molar-refractivity contribution is 5.92. The Labute approximate surface area is 148 Å². The third-order valence-corrected chi connectivity index (χ3v) is 4.24. The zero-order valence-corrected chi connectivity index (χ0v) is 14.4. The van der Waals surface area contributed by atoms with Crippen molar-refractivity contribution in [2.24, 2.45) is 0 Å². The van der Waals surface area contributed by atoms with Gasteiger partial charge in [-0.2, -0.15) is 0 Å². The minimum absolute atomic E-state index is 0.0682. The van der Waals surface area contributed by atoms with Gasteiger partial charge in [0, 0.05) is 12.2 Å². The number of aryl methyl sites for hydroxylation is 1. The highest BCUT2D eigenvalue weighted by Gasteiger charge is 2.19. The normalized spacial score (nSPS) is 17.9. The third kappa shape index (κ3) is 5.31. The monoisotopic (exact) mass is 340 g/mol. The highest BCUT2D eigenvalue weighted by Crippen LogP contribution is 2.23. The van der Waals surface area contributed by atoms with Crippen molar-refractivity contribution < 1.29 is 14.6 Å². The van der Waals surface area contributed by atoms with Crippen molar-refractivity contribution >= 4 is 11.6 Å². The molecule has 25 heavy (non-hydrogen) atoms. The summed E-state index contributed by atoms with van der Waals surface area (Å²) in [7, 11) is 0. The minimum atomic E-state index is -0.320. The number of hydrogen-bond acceptors (Lipinski definition) is 4. The Balaban J connectivity index is 1.51. The first-order chi connectivity index (χ1) is 12.1. The van der Waals surface area contributed by atoms with E-state index in [9.17, 15) is 9.90 Å². The average molecular weight is 340 g/mol. The van der Waals surface area contributed by atoms with Crippen molar-refractivity contribution in [3.63, 3.8) is 0 Å². The van der Waals surface area contributed by atoms with Crippen LogP contribution < -0.4 is 10.1 Å². The van der Waals surface area contributed by atoms with Crippen LogP contribution in [0.4, 0.5) is 5.69 Å². The zero-order valence-electron chi connectivity index (χ0n) is 14.4. The molecule has 2 N–H and O–H groups in total. The molecular formula is C20H24N2O3. The lowest BCUT2D eigenvalue weighted by Gasteiger charge is -2.29. The summed E-state index contributed by atoms with van der Waals surface area (Å²) in [4.78, 5) is 14.1. The molecule has 2 aromatic carbocycles. The Bertz CT molecular complexity index is 698. The summed E-state index contributed by atoms with van der Waals surface area (Å²) < 4.78 is 5.78. The van der Waals surface area contributed by atoms with E-state index in [1.165, 1.54) is 5.56 Å². The van der Waals surface area contributed by atoms with Gasteiger partial charge < -0.3 is 15.2 Å². The van der Waals surface area contributed by atoms with Crippen LogP contribution in [-0.2, 0) is 4.79 Å². The molecular weight excluding hydrogens is 316 g/mol. The van der Waals surface area contributed by atoms with Gasteiger partial charge in [-0.05, 0) is 62.7 Å². The molecule has 0 spiro atoms. The predicted octanol–water partition coefficient (Wildman–Crippen LogP) is 3.18. The molecule has 2 aromatic rings. The Morgan fingerprint density at radius 2 is 1.80 bits per heavy atom. The van der Waals surface area contributed by atoms with E-state index < -0.39 is 0 Å². The molecule has 1 amide bonds. The molecule has 1 heterocycles. The van der Waals surface area contributed by atoms with Gasteiger partial charge >= 0.3 is 0 Å². The number of anilines is 1. The molecule has 0 aliphatic carbocycles. The predicted molar refractivity (Wildman–Crippen MR) is 98.0 cm³/mol. The molecule has 0 saturated carbocycles. The molecule has 1 saturated heterocycles. The molecule has 0 bridgehead atoms. The standard InChI is InChI=1S/C20H24N2O3/c1-15-4-8-18(9-5-15)25-19-10-6-16(7-11-19)21-20(24)14-22-12-2-3-17(23)13-22/h4-11,17,23H,2-3,12-14H2,1H3,(H,21,24). The highest BCUT2D eigenvalue weighted by atomic mass is 16.5. The van der Waals surface area contributed by atoms with Crippen LogP contribution >= 0.6 is 0 Å². The third-order valence-electron chi connectivity index (χ3n) is 4.24. The number of aliphatic hydroxyl groups is 1. The zero-order chi connectivity index (χ0) is 17.6. The van der Waals surface area contributed by atoms with Crippen LogP contribution in [0, 0.1) is 6.92 Å². The molecule has 5 heteroatoms. The number of β-amino-alcohol motifs (C(OH)–C–C–N with tert-alkyl or cyclic N) is 1. The van der Waals surface area contributed by atoms with Gasteiger partial charge in [0.15, 0.2) is 0 Å². The summed E-state index contributed by atoms with van der Waals surface area (Å²) >= 11 is 0. The molecule has 3 rings (SSSR count). The number of rotatable bonds is 5. The number of hydrogen-bond donors (Lipinski definition) is 2. The van der Waals surface area contributed by atoms with Gasteiger partial charge in [-0.1, -0.05) is 17.7 Å². The number of carbonyl (C=O) groups is 1. The Hall–Kier alpha value is -2.37. The lowest BCUT2D eigenvalue weighted by molar-refractivity contribution is -0.118. The maximum atomic E-state index is 12.1. The number of piperidine rings is 1. The molecule has 1 fully saturated rings. The topological polar surface area (TPSA) is 61.8 Å². The van der Waals surface area contributed by atoms with E-state index in [0.29, 0.717) is 13.1 Å². The van der Waals surface area contributed by atoms with E-state index in [2.05, 4.69) is 5.32 Å². The fourth-order valence-electron chi connectivity index (χ4n) is 2.93. The number of nitrogens with one attached hydrogen (secondary N) is 1. The van der Waals surface area contributed by atoms with Gasteiger partial charge in [-0.3, -0.25) is 9.69 Å². The largest absolute Gasteiger partial charge is 0.457 e. The minimum Gasteiger partial charge on any atom is -0.457 e. The number of amides is 1. The average Bonchev–Trinajstić information content (AvgIpc) is 2.59. The van der Waals surface area contributed by atoms with Gasteiger partial charge in [0.1, 0.15) is 11.5 Å². The fourth-order valence-corrected chi connectivity index (χ4v) is 2.93. The van der Waals surface area contributed by atoms with Crippen molar-refractivity contribution in [3.05, 3.63) is 54.1 Å². The number of likely N-dealkylation sites (tertiary alicyclic amines) is 1. The molecule has 1 atom stereocenters. The molecule has 1 unspecified atom stereocenters. The van der Waals surface area contributed by atoms with Crippen molar-refractivity contribution in [1.29, 1.82) is 0 Å². The molecule has 5 nitrogen and oxygen atoms in total. The van der Waals surface area contributed by atoms with Crippen molar-refractivity contribution in [1.82, 2.24) is 4.90 Å². The summed E-state index contributed by atoms with van der Waals surface area (Å²) in [6.45, 7) is 3.76. The van der Waals surface area contributed by atoms with Gasteiger partial charge in [-0.15, -0.1) is 0 Å². The Kier molecular flexibility index (Phi) is 5.68. The number of ether oxygens (including phenoxy) is 1. The summed E-state index contributed by atoms with van der Waals surface area (Å²) in [6, 6.07) is 15.2. The van der Waals surface area contributed by atoms with Gasteiger partial charge in [0.05, 0.1) is 12.6 Å². The van der Waals surface area contributed by atoms with Crippen LogP contribution in [0.3, 0.4) is 0 Å². The van der Waals surface area contributed by atoms with Crippen molar-refractivity contribution in [2.45, 2.75) is 25.9 Å². The van der Waals surface area contributed by atoms with E-state index in [-0.39, 0.29) is 12.0 Å². The molecule has 0 aromatic heterocycles. The van der Waals surface area contributed by atoms with Gasteiger partial charge in [0.25, 0.3) is 0 Å². The second kappa shape index (κ2) is 8.14. The quantitative estimate of drug-likeness (QED) is 0.877. The summed E-state index contributed by atoms with van der Waals surface area (Å²) in [5.74, 6) is 1.44. The Morgan fingerprint density at radius 3 is 2.44 bits per heavy atom. The van der Waals surface area contributed by atoms with Gasteiger partial charge in [0.2, 0.25) is 5.91 Å². The summed E-state index contributed by atoms with van der Waals surface area (Å²) in [5.41, 5.74) is 1.92. The number of benzene rings is 2. The number of aliphatic hydroxyl groups excluding tert-OH is 1. The second-order valence-electron chi connectivity index (χ2n) is 6.52. The summed E-state index contributed by atoms with van der Waals surface area (Å²) in [5, 5.41) is 12.5. The van der Waals surface area contributed by atoms with Crippen molar-refractivity contribution in [2.75, 3.05) is 25.0 Å². The second-order valence-corrected chi connectivity index (χ2v) is 6.52. The van der Waals surface area contributed by atoms with Crippen molar-refractivity contribution in [3.8, 4) is 11.5 Å². The first kappa shape index (κ1) is 17.5. The van der Waals surface area contributed by atoms with Gasteiger partial charge in [-0.25, -0.2) is 0 Å².